The van der Waals surface area contributed by atoms with Gasteiger partial charge in [-0.25, -0.2) is 0 Å². The van der Waals surface area contributed by atoms with Crippen molar-refractivity contribution in [1.29, 1.82) is 5.41 Å². The van der Waals surface area contributed by atoms with Gasteiger partial charge in [0, 0.05) is 20.1 Å². The number of aliphatic hydroxyl groups excluding tert-OH is 1. The lowest BCUT2D eigenvalue weighted by molar-refractivity contribution is -0.182. The van der Waals surface area contributed by atoms with E-state index < -0.39 is 6.23 Å². The third kappa shape index (κ3) is 2.46. The van der Waals surface area contributed by atoms with Gasteiger partial charge in [0.15, 0.2) is 6.23 Å². The lowest BCUT2D eigenvalue weighted by atomic mass is 10.3. The zero-order valence-corrected chi connectivity index (χ0v) is 9.74. The second kappa shape index (κ2) is 4.82. The summed E-state index contributed by atoms with van der Waals surface area (Å²) < 4.78 is 1.82. The van der Waals surface area contributed by atoms with Crippen molar-refractivity contribution in [2.24, 2.45) is 0 Å². The molecule has 0 spiro atoms. The molecule has 1 aromatic rings. The first-order valence-electron chi connectivity index (χ1n) is 5.53. The lowest BCUT2D eigenvalue weighted by Gasteiger charge is -2.15. The van der Waals surface area contributed by atoms with E-state index in [4.69, 9.17) is 5.41 Å². The van der Waals surface area contributed by atoms with Crippen molar-refractivity contribution in [3.8, 4) is 0 Å². The van der Waals surface area contributed by atoms with Crippen LogP contribution in [0.3, 0.4) is 0 Å². The molecule has 0 saturated carbocycles. The highest BCUT2D eigenvalue weighted by Gasteiger charge is 2.20. The van der Waals surface area contributed by atoms with Crippen LogP contribution in [-0.4, -0.2) is 50.0 Å². The predicted molar refractivity (Wildman–Crippen MR) is 60.5 cm³/mol. The summed E-state index contributed by atoms with van der Waals surface area (Å²) in [4.78, 5) is 1.89. The van der Waals surface area contributed by atoms with Gasteiger partial charge in [-0.15, -0.1) is 0 Å². The predicted octanol–water partition coefficient (Wildman–Crippen LogP) is 0.00777. The Kier molecular flexibility index (Phi) is 3.41. The van der Waals surface area contributed by atoms with Gasteiger partial charge < -0.3 is 15.2 Å². The SMILES string of the molecule is CN(O)C(O)c1cc2n(n1)CCCN(C=N)C2. The molecule has 1 unspecified atom stereocenters. The quantitative estimate of drug-likeness (QED) is 0.299. The van der Waals surface area contributed by atoms with Crippen LogP contribution in [0, 0.1) is 5.41 Å². The van der Waals surface area contributed by atoms with Crippen molar-refractivity contribution < 1.29 is 10.3 Å². The van der Waals surface area contributed by atoms with Crippen LogP contribution in [0.2, 0.25) is 0 Å². The highest BCUT2D eigenvalue weighted by Crippen LogP contribution is 2.18. The number of hydroxylamine groups is 2. The van der Waals surface area contributed by atoms with Crippen LogP contribution in [0.5, 0.6) is 0 Å². The fraction of sp³-hybridized carbons (Fsp3) is 0.600. The van der Waals surface area contributed by atoms with Crippen molar-refractivity contribution in [2.75, 3.05) is 13.6 Å². The molecule has 0 fully saturated rings. The van der Waals surface area contributed by atoms with Crippen molar-refractivity contribution in [3.63, 3.8) is 0 Å². The first kappa shape index (κ1) is 12.0. The van der Waals surface area contributed by atoms with E-state index in [1.165, 1.54) is 13.4 Å². The largest absolute Gasteiger partial charge is 0.371 e. The molecule has 0 radical (unpaired) electrons. The number of aliphatic hydroxyl groups is 1. The maximum atomic E-state index is 9.68. The molecule has 2 rings (SSSR count). The first-order valence-corrected chi connectivity index (χ1v) is 5.53. The number of hydrogen-bond acceptors (Lipinski definition) is 5. The van der Waals surface area contributed by atoms with Crippen LogP contribution in [0.25, 0.3) is 0 Å². The molecule has 0 saturated heterocycles. The van der Waals surface area contributed by atoms with E-state index in [2.05, 4.69) is 5.10 Å². The number of nitrogens with zero attached hydrogens (tertiary/aromatic N) is 4. The third-order valence-corrected chi connectivity index (χ3v) is 2.86. The molecule has 1 aliphatic heterocycles. The molecule has 94 valence electrons. The normalized spacial score (nSPS) is 17.8. The molecule has 0 aromatic carbocycles. The molecule has 0 bridgehead atoms. The van der Waals surface area contributed by atoms with Gasteiger partial charge in [0.2, 0.25) is 0 Å². The van der Waals surface area contributed by atoms with E-state index in [1.807, 2.05) is 9.58 Å². The zero-order valence-electron chi connectivity index (χ0n) is 9.74. The molecule has 7 heteroatoms. The van der Waals surface area contributed by atoms with E-state index in [1.54, 1.807) is 6.07 Å². The Hall–Kier alpha value is -1.44. The van der Waals surface area contributed by atoms with Gasteiger partial charge in [-0.3, -0.25) is 10.1 Å². The van der Waals surface area contributed by atoms with Gasteiger partial charge >= 0.3 is 0 Å². The molecular weight excluding hydrogens is 222 g/mol. The standard InChI is InChI=1S/C10H17N5O2/c1-13(17)10(16)9-5-8-6-14(7-11)3-2-4-15(8)12-9/h5,7,10-11,16-17H,2-4,6H2,1H3. The minimum Gasteiger partial charge on any atom is -0.371 e. The van der Waals surface area contributed by atoms with E-state index in [0.29, 0.717) is 12.2 Å². The number of rotatable bonds is 3. The maximum Gasteiger partial charge on any atom is 0.173 e. The minimum absolute atomic E-state index is 0.428. The van der Waals surface area contributed by atoms with Crippen molar-refractivity contribution in [3.05, 3.63) is 17.5 Å². The second-order valence-corrected chi connectivity index (χ2v) is 4.18. The fourth-order valence-corrected chi connectivity index (χ4v) is 1.94. The topological polar surface area (TPSA) is 88.6 Å². The molecule has 1 aromatic heterocycles. The van der Waals surface area contributed by atoms with Gasteiger partial charge in [0.25, 0.3) is 0 Å². The average Bonchev–Trinajstić information content (AvgIpc) is 2.60. The van der Waals surface area contributed by atoms with Crippen LogP contribution in [0.4, 0.5) is 0 Å². The summed E-state index contributed by atoms with van der Waals surface area (Å²) in [6.45, 7) is 2.21. The summed E-state index contributed by atoms with van der Waals surface area (Å²) in [6, 6.07) is 1.76. The Labute approximate surface area is 99.3 Å². The molecule has 3 N–H and O–H groups in total. The van der Waals surface area contributed by atoms with E-state index >= 15 is 0 Å². The van der Waals surface area contributed by atoms with Crippen LogP contribution in [0.1, 0.15) is 24.0 Å². The van der Waals surface area contributed by atoms with Crippen LogP contribution >= 0.6 is 0 Å². The van der Waals surface area contributed by atoms with E-state index in [9.17, 15) is 10.3 Å². The van der Waals surface area contributed by atoms with E-state index in [-0.39, 0.29) is 0 Å². The molecule has 0 aliphatic carbocycles. The van der Waals surface area contributed by atoms with Gasteiger partial charge in [0.1, 0.15) is 5.69 Å². The molecule has 17 heavy (non-hydrogen) atoms. The van der Waals surface area contributed by atoms with Crippen molar-refractivity contribution in [2.45, 2.75) is 25.7 Å². The van der Waals surface area contributed by atoms with Gasteiger partial charge in [-0.1, -0.05) is 0 Å². The van der Waals surface area contributed by atoms with Crippen molar-refractivity contribution in [1.82, 2.24) is 19.7 Å². The maximum absolute atomic E-state index is 9.68. The monoisotopic (exact) mass is 239 g/mol. The summed E-state index contributed by atoms with van der Waals surface area (Å²) in [7, 11) is 1.37. The van der Waals surface area contributed by atoms with Gasteiger partial charge in [-0.2, -0.15) is 10.2 Å². The average molecular weight is 239 g/mol. The molecule has 7 nitrogen and oxygen atoms in total. The third-order valence-electron chi connectivity index (χ3n) is 2.86. The highest BCUT2D eigenvalue weighted by atomic mass is 16.5. The van der Waals surface area contributed by atoms with Crippen molar-refractivity contribution >= 4 is 6.34 Å². The van der Waals surface area contributed by atoms with Gasteiger partial charge in [0.05, 0.1) is 18.6 Å². The highest BCUT2D eigenvalue weighted by molar-refractivity contribution is 5.50. The first-order chi connectivity index (χ1) is 8.11. The van der Waals surface area contributed by atoms with Gasteiger partial charge in [-0.05, 0) is 12.5 Å². The summed E-state index contributed by atoms with van der Waals surface area (Å²) in [6.07, 6.45) is 1.12. The number of aryl methyl sites for hydroxylation is 1. The molecule has 1 aliphatic rings. The summed E-state index contributed by atoms with van der Waals surface area (Å²) in [5.41, 5.74) is 1.37. The summed E-state index contributed by atoms with van der Waals surface area (Å²) in [5, 5.41) is 31.1. The Bertz CT molecular complexity index is 403. The number of aromatic nitrogens is 2. The molecule has 2 heterocycles. The fourth-order valence-electron chi connectivity index (χ4n) is 1.94. The number of fused-ring (bicyclic) bond motifs is 1. The summed E-state index contributed by atoms with van der Waals surface area (Å²) in [5.74, 6) is 0. The Morgan fingerprint density at radius 3 is 3.00 bits per heavy atom. The second-order valence-electron chi connectivity index (χ2n) is 4.18. The lowest BCUT2D eigenvalue weighted by Crippen LogP contribution is -2.21. The summed E-state index contributed by atoms with van der Waals surface area (Å²) >= 11 is 0. The minimum atomic E-state index is -1.11. The van der Waals surface area contributed by atoms with Crippen LogP contribution in [-0.2, 0) is 13.1 Å². The Morgan fingerprint density at radius 1 is 1.59 bits per heavy atom. The van der Waals surface area contributed by atoms with E-state index in [0.717, 1.165) is 30.3 Å². The number of hydrogen-bond donors (Lipinski definition) is 3. The zero-order chi connectivity index (χ0) is 12.4. The van der Waals surface area contributed by atoms with Crippen LogP contribution in [0.15, 0.2) is 6.07 Å². The molecule has 1 atom stereocenters. The number of nitrogens with one attached hydrogen (secondary N) is 1. The Morgan fingerprint density at radius 2 is 2.35 bits per heavy atom. The Balaban J connectivity index is 2.23. The van der Waals surface area contributed by atoms with Crippen LogP contribution < -0.4 is 0 Å². The smallest absolute Gasteiger partial charge is 0.173 e. The molecule has 0 amide bonds. The molecular formula is C10H17N5O2.